The SMILES string of the molecule is CCc1cc(O)c(C=Nc2ccc(C(=O)OC)cc2)c(=O)o1. The molecule has 2 aromatic rings. The number of carbonyl (C=O) groups is 1. The van der Waals surface area contributed by atoms with Crippen molar-refractivity contribution >= 4 is 17.9 Å². The zero-order chi connectivity index (χ0) is 16.1. The van der Waals surface area contributed by atoms with Gasteiger partial charge in [0.15, 0.2) is 0 Å². The Hall–Kier alpha value is -2.89. The quantitative estimate of drug-likeness (QED) is 0.692. The molecule has 1 N–H and O–H groups in total. The number of ether oxygens (including phenoxy) is 1. The summed E-state index contributed by atoms with van der Waals surface area (Å²) in [6.07, 6.45) is 1.74. The Morgan fingerprint density at radius 3 is 2.59 bits per heavy atom. The number of carbonyl (C=O) groups excluding carboxylic acids is 1. The molecular formula is C16H15NO5. The topological polar surface area (TPSA) is 89.1 Å². The van der Waals surface area contributed by atoms with Crippen molar-refractivity contribution in [3.63, 3.8) is 0 Å². The maximum Gasteiger partial charge on any atom is 0.348 e. The van der Waals surface area contributed by atoms with E-state index >= 15 is 0 Å². The number of hydrogen-bond donors (Lipinski definition) is 1. The Kier molecular flexibility index (Phi) is 4.73. The second-order valence-electron chi connectivity index (χ2n) is 4.45. The van der Waals surface area contributed by atoms with Crippen molar-refractivity contribution in [3.8, 4) is 5.75 Å². The van der Waals surface area contributed by atoms with E-state index in [1.807, 2.05) is 6.92 Å². The average molecular weight is 301 g/mol. The van der Waals surface area contributed by atoms with Crippen molar-refractivity contribution in [1.82, 2.24) is 0 Å². The molecule has 1 aromatic heterocycles. The van der Waals surface area contributed by atoms with Gasteiger partial charge >= 0.3 is 11.6 Å². The molecule has 0 bridgehead atoms. The Bertz CT molecular complexity index is 759. The van der Waals surface area contributed by atoms with Crippen molar-refractivity contribution in [1.29, 1.82) is 0 Å². The molecule has 0 saturated carbocycles. The van der Waals surface area contributed by atoms with E-state index in [0.29, 0.717) is 23.4 Å². The van der Waals surface area contributed by atoms with Crippen molar-refractivity contribution in [2.24, 2.45) is 4.99 Å². The fraction of sp³-hybridized carbons (Fsp3) is 0.188. The van der Waals surface area contributed by atoms with Crippen molar-refractivity contribution in [3.05, 3.63) is 57.6 Å². The lowest BCUT2D eigenvalue weighted by molar-refractivity contribution is 0.0601. The van der Waals surface area contributed by atoms with Crippen LogP contribution in [0.4, 0.5) is 5.69 Å². The summed E-state index contributed by atoms with van der Waals surface area (Å²) in [6, 6.07) is 7.70. The van der Waals surface area contributed by atoms with Gasteiger partial charge in [0.2, 0.25) is 0 Å². The minimum absolute atomic E-state index is 0.0192. The zero-order valence-electron chi connectivity index (χ0n) is 12.2. The van der Waals surface area contributed by atoms with Gasteiger partial charge < -0.3 is 14.3 Å². The minimum atomic E-state index is -0.646. The van der Waals surface area contributed by atoms with E-state index in [2.05, 4.69) is 9.73 Å². The summed E-state index contributed by atoms with van der Waals surface area (Å²) >= 11 is 0. The minimum Gasteiger partial charge on any atom is -0.507 e. The van der Waals surface area contributed by atoms with Crippen LogP contribution in [-0.4, -0.2) is 24.4 Å². The first-order chi connectivity index (χ1) is 10.5. The maximum absolute atomic E-state index is 11.7. The number of hydrogen-bond acceptors (Lipinski definition) is 6. The largest absolute Gasteiger partial charge is 0.507 e. The zero-order valence-corrected chi connectivity index (χ0v) is 12.2. The summed E-state index contributed by atoms with van der Waals surface area (Å²) in [5.41, 5.74) is 0.253. The molecule has 0 unspecified atom stereocenters. The van der Waals surface area contributed by atoms with Crippen molar-refractivity contribution in [2.45, 2.75) is 13.3 Å². The fourth-order valence-corrected chi connectivity index (χ4v) is 1.77. The molecule has 0 atom stereocenters. The lowest BCUT2D eigenvalue weighted by atomic mass is 10.2. The van der Waals surface area contributed by atoms with Gasteiger partial charge in [-0.2, -0.15) is 0 Å². The number of nitrogens with zero attached hydrogens (tertiary/aromatic N) is 1. The van der Waals surface area contributed by atoms with Crippen LogP contribution in [-0.2, 0) is 11.2 Å². The summed E-state index contributed by atoms with van der Waals surface area (Å²) in [5.74, 6) is -0.214. The van der Waals surface area contributed by atoms with Gasteiger partial charge in [-0.15, -0.1) is 0 Å². The molecule has 0 aliphatic rings. The normalized spacial score (nSPS) is 10.8. The van der Waals surface area contributed by atoms with Gasteiger partial charge in [-0.3, -0.25) is 4.99 Å². The third kappa shape index (κ3) is 3.41. The van der Waals surface area contributed by atoms with Crippen LogP contribution in [0.3, 0.4) is 0 Å². The van der Waals surface area contributed by atoms with Crippen molar-refractivity contribution < 1.29 is 19.1 Å². The summed E-state index contributed by atoms with van der Waals surface area (Å²) < 4.78 is 9.62. The van der Waals surface area contributed by atoms with Crippen LogP contribution in [0, 0.1) is 0 Å². The van der Waals surface area contributed by atoms with E-state index in [0.717, 1.165) is 0 Å². The second-order valence-corrected chi connectivity index (χ2v) is 4.45. The van der Waals surface area contributed by atoms with E-state index in [9.17, 15) is 14.7 Å². The number of aryl methyl sites for hydroxylation is 1. The third-order valence-corrected chi connectivity index (χ3v) is 3.00. The first-order valence-electron chi connectivity index (χ1n) is 6.63. The highest BCUT2D eigenvalue weighted by Crippen LogP contribution is 2.17. The molecule has 0 fully saturated rings. The third-order valence-electron chi connectivity index (χ3n) is 3.00. The summed E-state index contributed by atoms with van der Waals surface area (Å²) in [5, 5.41) is 9.82. The van der Waals surface area contributed by atoms with Crippen LogP contribution in [0.15, 0.2) is 44.5 Å². The van der Waals surface area contributed by atoms with Gasteiger partial charge in [-0.05, 0) is 24.3 Å². The molecule has 0 radical (unpaired) electrons. The lowest BCUT2D eigenvalue weighted by Crippen LogP contribution is -2.08. The summed E-state index contributed by atoms with van der Waals surface area (Å²) in [4.78, 5) is 27.1. The van der Waals surface area contributed by atoms with Gasteiger partial charge in [0, 0.05) is 18.7 Å². The molecule has 0 amide bonds. The molecular weight excluding hydrogens is 286 g/mol. The first kappa shape index (κ1) is 15.5. The molecule has 6 heteroatoms. The molecule has 1 heterocycles. The molecule has 1 aromatic carbocycles. The predicted molar refractivity (Wildman–Crippen MR) is 81.1 cm³/mol. The smallest absolute Gasteiger partial charge is 0.348 e. The van der Waals surface area contributed by atoms with Crippen molar-refractivity contribution in [2.75, 3.05) is 7.11 Å². The van der Waals surface area contributed by atoms with E-state index in [1.54, 1.807) is 24.3 Å². The van der Waals surface area contributed by atoms with E-state index in [4.69, 9.17) is 4.42 Å². The first-order valence-corrected chi connectivity index (χ1v) is 6.63. The number of esters is 1. The van der Waals surface area contributed by atoms with Crippen LogP contribution >= 0.6 is 0 Å². The molecule has 0 aliphatic carbocycles. The summed E-state index contributed by atoms with van der Waals surface area (Å²) in [6.45, 7) is 1.81. The Morgan fingerprint density at radius 2 is 2.05 bits per heavy atom. The Balaban J connectivity index is 2.26. The highest BCUT2D eigenvalue weighted by molar-refractivity contribution is 5.90. The molecule has 0 spiro atoms. The monoisotopic (exact) mass is 301 g/mol. The molecule has 6 nitrogen and oxygen atoms in total. The van der Waals surface area contributed by atoms with Gasteiger partial charge in [0.25, 0.3) is 0 Å². The van der Waals surface area contributed by atoms with E-state index in [-0.39, 0.29) is 11.3 Å². The van der Waals surface area contributed by atoms with Gasteiger partial charge in [-0.1, -0.05) is 6.92 Å². The highest BCUT2D eigenvalue weighted by Gasteiger charge is 2.08. The van der Waals surface area contributed by atoms with Gasteiger partial charge in [-0.25, -0.2) is 9.59 Å². The standard InChI is InChI=1S/C16H15NO5/c1-3-12-8-14(18)13(16(20)22-12)9-17-11-6-4-10(5-7-11)15(19)21-2/h4-9,18H,3H2,1-2H3. The Labute approximate surface area is 126 Å². The number of aromatic hydroxyl groups is 1. The molecule has 22 heavy (non-hydrogen) atoms. The van der Waals surface area contributed by atoms with Crippen LogP contribution in [0.1, 0.15) is 28.6 Å². The predicted octanol–water partition coefficient (Wildman–Crippen LogP) is 2.44. The van der Waals surface area contributed by atoms with Crippen LogP contribution in [0.2, 0.25) is 0 Å². The van der Waals surface area contributed by atoms with Crippen LogP contribution in [0.25, 0.3) is 0 Å². The fourth-order valence-electron chi connectivity index (χ4n) is 1.77. The van der Waals surface area contributed by atoms with E-state index in [1.165, 1.54) is 19.4 Å². The second kappa shape index (κ2) is 6.71. The number of benzene rings is 1. The van der Waals surface area contributed by atoms with Crippen LogP contribution in [0.5, 0.6) is 5.75 Å². The number of rotatable bonds is 4. The number of methoxy groups -OCH3 is 1. The molecule has 0 aliphatic heterocycles. The summed E-state index contributed by atoms with van der Waals surface area (Å²) in [7, 11) is 1.30. The number of aliphatic imine (C=N–C) groups is 1. The maximum atomic E-state index is 11.7. The Morgan fingerprint density at radius 1 is 1.36 bits per heavy atom. The average Bonchev–Trinajstić information content (AvgIpc) is 2.53. The highest BCUT2D eigenvalue weighted by atomic mass is 16.5. The van der Waals surface area contributed by atoms with Crippen LogP contribution < -0.4 is 5.63 Å². The lowest BCUT2D eigenvalue weighted by Gasteiger charge is -2.01. The van der Waals surface area contributed by atoms with Gasteiger partial charge in [0.1, 0.15) is 17.1 Å². The van der Waals surface area contributed by atoms with Gasteiger partial charge in [0.05, 0.1) is 18.4 Å². The molecule has 114 valence electrons. The van der Waals surface area contributed by atoms with E-state index < -0.39 is 11.6 Å². The molecule has 0 saturated heterocycles. The molecule has 2 rings (SSSR count).